The molecule has 55 heavy (non-hydrogen) atoms. The Bertz CT molecular complexity index is 1430. The van der Waals surface area contributed by atoms with Crippen LogP contribution < -0.4 is 32.3 Å². The van der Waals surface area contributed by atoms with E-state index >= 15 is 0 Å². The lowest BCUT2D eigenvalue weighted by atomic mass is 10.0. The largest absolute Gasteiger partial charge is 0.508 e. The lowest BCUT2D eigenvalue weighted by molar-refractivity contribution is -0.120. The second kappa shape index (κ2) is 26.5. The van der Waals surface area contributed by atoms with E-state index in [1.54, 1.807) is 12.1 Å². The molecule has 0 saturated carbocycles. The van der Waals surface area contributed by atoms with E-state index < -0.39 is 48.5 Å². The van der Waals surface area contributed by atoms with Crippen LogP contribution in [0.25, 0.3) is 0 Å². The summed E-state index contributed by atoms with van der Waals surface area (Å²) in [4.78, 5) is 62.4. The maximum absolute atomic E-state index is 13.1. The molecular formula is C38H58N6O11. The number of nitrogens with two attached hydrogens (primary N) is 1. The number of amides is 5. The fourth-order valence-electron chi connectivity index (χ4n) is 5.41. The van der Waals surface area contributed by atoms with Crippen molar-refractivity contribution in [2.24, 2.45) is 11.7 Å². The zero-order valence-corrected chi connectivity index (χ0v) is 31.9. The van der Waals surface area contributed by atoms with E-state index in [-0.39, 0.29) is 57.2 Å². The number of alkyl carbamates (subject to hydrolysis) is 4. The Morgan fingerprint density at radius 3 is 1.69 bits per heavy atom. The number of ether oxygens (including phenoxy) is 4. The van der Waals surface area contributed by atoms with Gasteiger partial charge in [-0.2, -0.15) is 0 Å². The molecule has 17 heteroatoms. The number of nitrogens with one attached hydrogen (secondary N) is 5. The number of hydrogen-bond donors (Lipinski definition) is 8. The number of carbonyl (C=O) groups excluding carboxylic acids is 5. The summed E-state index contributed by atoms with van der Waals surface area (Å²) in [6.45, 7) is 4.82. The number of phenols is 1. The quantitative estimate of drug-likeness (QED) is 0.0567. The SMILES string of the molecule is CC(=O)N[C@H](COC(=O)N[C@@H](CCCCN)COC(=O)N[C@H](COC(=O)N[C@H](COC(=O)NCCO)CC(C)C)Cc1ccccc1)Cc1ccc(O)cc1. The van der Waals surface area contributed by atoms with Gasteiger partial charge in [0.05, 0.1) is 30.8 Å². The summed E-state index contributed by atoms with van der Waals surface area (Å²) in [5.41, 5.74) is 7.34. The number of aliphatic hydroxyl groups is 1. The summed E-state index contributed by atoms with van der Waals surface area (Å²) < 4.78 is 21.6. The molecule has 0 radical (unpaired) electrons. The molecule has 0 aliphatic carbocycles. The highest BCUT2D eigenvalue weighted by Gasteiger charge is 2.22. The highest BCUT2D eigenvalue weighted by molar-refractivity contribution is 5.73. The van der Waals surface area contributed by atoms with Gasteiger partial charge >= 0.3 is 24.4 Å². The van der Waals surface area contributed by atoms with Crippen molar-refractivity contribution < 1.29 is 53.1 Å². The first-order valence-corrected chi connectivity index (χ1v) is 18.5. The molecule has 0 aliphatic rings. The molecule has 0 aliphatic heterocycles. The minimum absolute atomic E-state index is 0.0325. The Morgan fingerprint density at radius 2 is 1.15 bits per heavy atom. The molecule has 0 unspecified atom stereocenters. The van der Waals surface area contributed by atoms with Gasteiger partial charge in [-0.1, -0.05) is 62.7 Å². The van der Waals surface area contributed by atoms with Crippen LogP contribution in [0.2, 0.25) is 0 Å². The normalized spacial score (nSPS) is 13.0. The van der Waals surface area contributed by atoms with Gasteiger partial charge < -0.3 is 61.5 Å². The Hall–Kier alpha value is -5.29. The van der Waals surface area contributed by atoms with Gasteiger partial charge in [-0.15, -0.1) is 0 Å². The monoisotopic (exact) mass is 774 g/mol. The van der Waals surface area contributed by atoms with E-state index in [1.807, 2.05) is 44.2 Å². The van der Waals surface area contributed by atoms with Crippen molar-refractivity contribution >= 4 is 30.3 Å². The van der Waals surface area contributed by atoms with Crippen molar-refractivity contribution in [2.45, 2.75) is 83.5 Å². The third-order valence-corrected chi connectivity index (χ3v) is 7.92. The lowest BCUT2D eigenvalue weighted by Crippen LogP contribution is -2.46. The van der Waals surface area contributed by atoms with Crippen molar-refractivity contribution in [3.63, 3.8) is 0 Å². The Labute approximate surface area is 322 Å². The molecule has 2 aromatic rings. The zero-order valence-electron chi connectivity index (χ0n) is 31.9. The third-order valence-electron chi connectivity index (χ3n) is 7.92. The number of hydrogen-bond acceptors (Lipinski definition) is 12. The lowest BCUT2D eigenvalue weighted by Gasteiger charge is -2.23. The van der Waals surface area contributed by atoms with Crippen molar-refractivity contribution in [3.05, 3.63) is 65.7 Å². The van der Waals surface area contributed by atoms with Crippen LogP contribution in [0.3, 0.4) is 0 Å². The van der Waals surface area contributed by atoms with Crippen LogP contribution in [0.4, 0.5) is 19.2 Å². The van der Waals surface area contributed by atoms with Gasteiger partial charge in [-0.05, 0) is 67.8 Å². The van der Waals surface area contributed by atoms with Crippen LogP contribution in [-0.2, 0) is 36.6 Å². The third kappa shape index (κ3) is 21.9. The van der Waals surface area contributed by atoms with Crippen LogP contribution >= 0.6 is 0 Å². The average molecular weight is 775 g/mol. The summed E-state index contributed by atoms with van der Waals surface area (Å²) >= 11 is 0. The summed E-state index contributed by atoms with van der Waals surface area (Å²) in [6, 6.07) is 13.3. The van der Waals surface area contributed by atoms with Gasteiger partial charge in [-0.25, -0.2) is 19.2 Å². The van der Waals surface area contributed by atoms with E-state index in [4.69, 9.17) is 29.8 Å². The number of unbranched alkanes of at least 4 members (excludes halogenated alkanes) is 1. The first-order chi connectivity index (χ1) is 26.4. The van der Waals surface area contributed by atoms with Gasteiger partial charge in [0, 0.05) is 13.5 Å². The standard InChI is InChI=1S/C38H58N6O11/c1-26(2)19-31(23-52-35(48)40-17-18-45)43-37(50)55-25-33(20-28-9-5-4-6-10-28)44-38(51)53-22-30(11-7-8-16-39)42-36(49)54-24-32(41-27(3)46)21-29-12-14-34(47)15-13-29/h4-6,9-10,12-15,26,30-33,45,47H,7-8,11,16-25,39H2,1-3H3,(H,40,48)(H,41,46)(H,42,49)(H,43,50)(H,44,51)/t30-,31-,32-,33-/m0/s1. The molecule has 0 aromatic heterocycles. The molecule has 0 spiro atoms. The molecule has 2 aromatic carbocycles. The predicted octanol–water partition coefficient (Wildman–Crippen LogP) is 2.86. The molecule has 5 amide bonds. The van der Waals surface area contributed by atoms with Crippen LogP contribution in [0.15, 0.2) is 54.6 Å². The fraction of sp³-hybridized carbons (Fsp3) is 0.553. The highest BCUT2D eigenvalue weighted by Crippen LogP contribution is 2.12. The van der Waals surface area contributed by atoms with Crippen molar-refractivity contribution in [3.8, 4) is 5.75 Å². The second-order valence-corrected chi connectivity index (χ2v) is 13.4. The molecule has 17 nitrogen and oxygen atoms in total. The molecule has 0 bridgehead atoms. The van der Waals surface area contributed by atoms with Gasteiger partial charge in [0.1, 0.15) is 32.2 Å². The van der Waals surface area contributed by atoms with E-state index in [1.165, 1.54) is 19.1 Å². The molecule has 306 valence electrons. The number of aromatic hydroxyl groups is 1. The molecule has 0 saturated heterocycles. The zero-order chi connectivity index (χ0) is 40.4. The molecule has 0 heterocycles. The van der Waals surface area contributed by atoms with E-state index in [2.05, 4.69) is 26.6 Å². The molecule has 4 atom stereocenters. The van der Waals surface area contributed by atoms with Gasteiger partial charge in [-0.3, -0.25) is 4.79 Å². The molecular weight excluding hydrogens is 716 g/mol. The summed E-state index contributed by atoms with van der Waals surface area (Å²) in [7, 11) is 0. The fourth-order valence-corrected chi connectivity index (χ4v) is 5.41. The minimum atomic E-state index is -0.802. The first-order valence-electron chi connectivity index (χ1n) is 18.5. The smallest absolute Gasteiger partial charge is 0.407 e. The first kappa shape index (κ1) is 45.9. The Morgan fingerprint density at radius 1 is 0.655 bits per heavy atom. The predicted molar refractivity (Wildman–Crippen MR) is 203 cm³/mol. The van der Waals surface area contributed by atoms with Crippen molar-refractivity contribution in [1.82, 2.24) is 26.6 Å². The van der Waals surface area contributed by atoms with Gasteiger partial charge in [0.15, 0.2) is 0 Å². The van der Waals surface area contributed by atoms with Crippen LogP contribution in [0.1, 0.15) is 57.6 Å². The molecule has 9 N–H and O–H groups in total. The Balaban J connectivity index is 1.99. The van der Waals surface area contributed by atoms with Crippen molar-refractivity contribution in [1.29, 1.82) is 0 Å². The van der Waals surface area contributed by atoms with E-state index in [0.717, 1.165) is 11.1 Å². The van der Waals surface area contributed by atoms with Gasteiger partial charge in [0.25, 0.3) is 0 Å². The summed E-state index contributed by atoms with van der Waals surface area (Å²) in [5.74, 6) is -0.0395. The van der Waals surface area contributed by atoms with Crippen LogP contribution in [0, 0.1) is 5.92 Å². The topological polar surface area (TPSA) is 249 Å². The maximum Gasteiger partial charge on any atom is 0.407 e. The number of benzene rings is 2. The summed E-state index contributed by atoms with van der Waals surface area (Å²) in [5, 5.41) is 31.8. The second-order valence-electron chi connectivity index (χ2n) is 13.4. The Kier molecular flexibility index (Phi) is 22.1. The average Bonchev–Trinajstić information content (AvgIpc) is 3.14. The number of carbonyl (C=O) groups is 5. The van der Waals surface area contributed by atoms with Gasteiger partial charge in [0.2, 0.25) is 5.91 Å². The maximum atomic E-state index is 13.1. The minimum Gasteiger partial charge on any atom is -0.508 e. The number of aliphatic hydroxyl groups excluding tert-OH is 1. The van der Waals surface area contributed by atoms with Crippen LogP contribution in [-0.4, -0.2) is 111 Å². The van der Waals surface area contributed by atoms with E-state index in [0.29, 0.717) is 45.1 Å². The van der Waals surface area contributed by atoms with Crippen molar-refractivity contribution in [2.75, 3.05) is 46.1 Å². The molecule has 2 rings (SSSR count). The number of rotatable bonds is 24. The van der Waals surface area contributed by atoms with Crippen LogP contribution in [0.5, 0.6) is 5.75 Å². The highest BCUT2D eigenvalue weighted by atomic mass is 16.6. The summed E-state index contributed by atoms with van der Waals surface area (Å²) in [6.07, 6.45) is -0.179. The van der Waals surface area contributed by atoms with E-state index in [9.17, 15) is 29.1 Å². The molecule has 0 fully saturated rings. The number of phenolic OH excluding ortho intramolecular Hbond substituents is 1.